The average molecular weight is 209 g/mol. The Kier molecular flexibility index (Phi) is 5.38. The molecule has 2 atom stereocenters. The number of rotatable bonds is 5. The van der Waals surface area contributed by atoms with Crippen LogP contribution >= 0.6 is 0 Å². The molecular formula is C14H27N. The third-order valence-corrected chi connectivity index (χ3v) is 3.79. The van der Waals surface area contributed by atoms with Gasteiger partial charge in [-0.3, -0.25) is 0 Å². The molecule has 0 aliphatic heterocycles. The molecule has 0 bridgehead atoms. The van der Waals surface area contributed by atoms with Gasteiger partial charge in [-0.2, -0.15) is 0 Å². The van der Waals surface area contributed by atoms with Crippen molar-refractivity contribution in [2.75, 3.05) is 6.54 Å². The quantitative estimate of drug-likeness (QED) is 0.680. The van der Waals surface area contributed by atoms with Gasteiger partial charge in [0, 0.05) is 12.6 Å². The maximum absolute atomic E-state index is 4.06. The molecule has 1 saturated carbocycles. The van der Waals surface area contributed by atoms with Crippen molar-refractivity contribution in [3.63, 3.8) is 0 Å². The van der Waals surface area contributed by atoms with Crippen LogP contribution in [-0.4, -0.2) is 12.6 Å². The summed E-state index contributed by atoms with van der Waals surface area (Å²) in [6, 6.07) is 0.738. The zero-order valence-electron chi connectivity index (χ0n) is 10.7. The summed E-state index contributed by atoms with van der Waals surface area (Å²) in [4.78, 5) is 0. The lowest BCUT2D eigenvalue weighted by molar-refractivity contribution is 0.209. The van der Waals surface area contributed by atoms with Gasteiger partial charge in [0.2, 0.25) is 0 Å². The molecule has 0 aromatic carbocycles. The van der Waals surface area contributed by atoms with Crippen molar-refractivity contribution in [1.82, 2.24) is 5.32 Å². The fraction of sp³-hybridized carbons (Fsp3) is 0.857. The van der Waals surface area contributed by atoms with E-state index in [4.69, 9.17) is 0 Å². The number of hydrogen-bond donors (Lipinski definition) is 1. The van der Waals surface area contributed by atoms with Gasteiger partial charge in [-0.25, -0.2) is 0 Å². The first kappa shape index (κ1) is 12.8. The monoisotopic (exact) mass is 209 g/mol. The van der Waals surface area contributed by atoms with Crippen molar-refractivity contribution < 1.29 is 0 Å². The lowest BCUT2D eigenvalue weighted by atomic mass is 9.78. The summed E-state index contributed by atoms with van der Waals surface area (Å²) in [7, 11) is 0. The Morgan fingerprint density at radius 3 is 2.60 bits per heavy atom. The van der Waals surface area contributed by atoms with Crippen LogP contribution in [0.25, 0.3) is 0 Å². The average Bonchev–Trinajstić information content (AvgIpc) is 2.26. The van der Waals surface area contributed by atoms with Crippen molar-refractivity contribution in [1.29, 1.82) is 0 Å². The van der Waals surface area contributed by atoms with Crippen LogP contribution in [0.15, 0.2) is 12.2 Å². The summed E-state index contributed by atoms with van der Waals surface area (Å²) < 4.78 is 0. The predicted molar refractivity (Wildman–Crippen MR) is 68.0 cm³/mol. The van der Waals surface area contributed by atoms with Crippen LogP contribution < -0.4 is 5.32 Å². The van der Waals surface area contributed by atoms with E-state index in [1.807, 2.05) is 0 Å². The molecule has 0 saturated heterocycles. The molecule has 0 amide bonds. The van der Waals surface area contributed by atoms with Gasteiger partial charge in [0.1, 0.15) is 0 Å². The fourth-order valence-electron chi connectivity index (χ4n) is 2.61. The van der Waals surface area contributed by atoms with Crippen molar-refractivity contribution in [3.8, 4) is 0 Å². The standard InChI is InChI=1S/C14H27N/c1-5-12(4)10-15-14-9-7-6-8-13(14)11(2)3/h11,13-15H,4-10H2,1-3H3. The van der Waals surface area contributed by atoms with Gasteiger partial charge in [-0.1, -0.05) is 45.8 Å². The molecule has 0 radical (unpaired) electrons. The van der Waals surface area contributed by atoms with Crippen LogP contribution in [0.2, 0.25) is 0 Å². The Hall–Kier alpha value is -0.300. The second kappa shape index (κ2) is 6.32. The number of nitrogens with one attached hydrogen (secondary N) is 1. The molecule has 15 heavy (non-hydrogen) atoms. The molecule has 0 spiro atoms. The third kappa shape index (κ3) is 3.98. The van der Waals surface area contributed by atoms with Crippen molar-refractivity contribution >= 4 is 0 Å². The normalized spacial score (nSPS) is 26.9. The maximum atomic E-state index is 4.06. The largest absolute Gasteiger partial charge is 0.310 e. The molecule has 2 unspecified atom stereocenters. The smallest absolute Gasteiger partial charge is 0.0164 e. The van der Waals surface area contributed by atoms with Crippen molar-refractivity contribution in [3.05, 3.63) is 12.2 Å². The molecule has 1 nitrogen and oxygen atoms in total. The van der Waals surface area contributed by atoms with Gasteiger partial charge >= 0.3 is 0 Å². The minimum Gasteiger partial charge on any atom is -0.310 e. The highest BCUT2D eigenvalue weighted by Gasteiger charge is 2.26. The Balaban J connectivity index is 2.39. The lowest BCUT2D eigenvalue weighted by Crippen LogP contribution is -2.41. The molecule has 1 N–H and O–H groups in total. The molecule has 1 aliphatic rings. The van der Waals surface area contributed by atoms with Crippen molar-refractivity contribution in [2.24, 2.45) is 11.8 Å². The Bertz CT molecular complexity index is 196. The van der Waals surface area contributed by atoms with Crippen LogP contribution in [0.1, 0.15) is 52.9 Å². The van der Waals surface area contributed by atoms with E-state index >= 15 is 0 Å². The van der Waals surface area contributed by atoms with Crippen LogP contribution in [0.3, 0.4) is 0 Å². The highest BCUT2D eigenvalue weighted by molar-refractivity contribution is 4.97. The van der Waals surface area contributed by atoms with Crippen LogP contribution in [0.4, 0.5) is 0 Å². The minimum atomic E-state index is 0.738. The number of hydrogen-bond acceptors (Lipinski definition) is 1. The van der Waals surface area contributed by atoms with E-state index in [0.29, 0.717) is 0 Å². The summed E-state index contributed by atoms with van der Waals surface area (Å²) in [5.74, 6) is 1.70. The maximum Gasteiger partial charge on any atom is 0.0164 e. The highest BCUT2D eigenvalue weighted by Crippen LogP contribution is 2.30. The summed E-state index contributed by atoms with van der Waals surface area (Å²) >= 11 is 0. The highest BCUT2D eigenvalue weighted by atomic mass is 14.9. The Morgan fingerprint density at radius 1 is 1.33 bits per heavy atom. The molecule has 0 heterocycles. The lowest BCUT2D eigenvalue weighted by Gasteiger charge is -2.35. The molecule has 88 valence electrons. The van der Waals surface area contributed by atoms with Crippen LogP contribution in [-0.2, 0) is 0 Å². The van der Waals surface area contributed by atoms with E-state index in [0.717, 1.165) is 30.8 Å². The van der Waals surface area contributed by atoms with E-state index in [-0.39, 0.29) is 0 Å². The molecule has 1 rings (SSSR count). The first-order valence-corrected chi connectivity index (χ1v) is 6.55. The SMILES string of the molecule is C=C(CC)CNC1CCCCC1C(C)C. The third-order valence-electron chi connectivity index (χ3n) is 3.79. The summed E-state index contributed by atoms with van der Waals surface area (Å²) in [6.07, 6.45) is 6.70. The first-order valence-electron chi connectivity index (χ1n) is 6.55. The molecule has 0 aromatic rings. The van der Waals surface area contributed by atoms with Gasteiger partial charge < -0.3 is 5.32 Å². The predicted octanol–water partition coefficient (Wildman–Crippen LogP) is 3.76. The van der Waals surface area contributed by atoms with Gasteiger partial charge in [0.15, 0.2) is 0 Å². The summed E-state index contributed by atoms with van der Waals surface area (Å²) in [5.41, 5.74) is 1.34. The first-order chi connectivity index (χ1) is 7.15. The van der Waals surface area contributed by atoms with Gasteiger partial charge in [0.25, 0.3) is 0 Å². The summed E-state index contributed by atoms with van der Waals surface area (Å²) in [5, 5.41) is 3.70. The minimum absolute atomic E-state index is 0.738. The zero-order chi connectivity index (χ0) is 11.3. The Labute approximate surface area is 95.3 Å². The fourth-order valence-corrected chi connectivity index (χ4v) is 2.61. The van der Waals surface area contributed by atoms with Gasteiger partial charge in [-0.05, 0) is 31.1 Å². The second-order valence-corrected chi connectivity index (χ2v) is 5.28. The van der Waals surface area contributed by atoms with E-state index < -0.39 is 0 Å². The van der Waals surface area contributed by atoms with Crippen LogP contribution in [0, 0.1) is 11.8 Å². The van der Waals surface area contributed by atoms with Gasteiger partial charge in [0.05, 0.1) is 0 Å². The summed E-state index contributed by atoms with van der Waals surface area (Å²) in [6.45, 7) is 12.0. The van der Waals surface area contributed by atoms with E-state index in [2.05, 4.69) is 32.7 Å². The van der Waals surface area contributed by atoms with Crippen LogP contribution in [0.5, 0.6) is 0 Å². The molecule has 1 heteroatoms. The zero-order valence-corrected chi connectivity index (χ0v) is 10.7. The Morgan fingerprint density at radius 2 is 2.00 bits per heavy atom. The molecule has 1 aliphatic carbocycles. The van der Waals surface area contributed by atoms with E-state index in [9.17, 15) is 0 Å². The topological polar surface area (TPSA) is 12.0 Å². The van der Waals surface area contributed by atoms with E-state index in [1.54, 1.807) is 0 Å². The van der Waals surface area contributed by atoms with Crippen molar-refractivity contribution in [2.45, 2.75) is 58.9 Å². The molecule has 1 fully saturated rings. The van der Waals surface area contributed by atoms with E-state index in [1.165, 1.54) is 31.3 Å². The second-order valence-electron chi connectivity index (χ2n) is 5.28. The molecular weight excluding hydrogens is 182 g/mol. The molecule has 0 aromatic heterocycles. The van der Waals surface area contributed by atoms with Gasteiger partial charge in [-0.15, -0.1) is 0 Å².